The van der Waals surface area contributed by atoms with Crippen LogP contribution in [0.3, 0.4) is 0 Å². The van der Waals surface area contributed by atoms with Crippen molar-refractivity contribution in [1.82, 2.24) is 0 Å². The first-order valence-corrected chi connectivity index (χ1v) is 5.35. The van der Waals surface area contributed by atoms with E-state index in [-0.39, 0.29) is 0 Å². The zero-order valence-electron chi connectivity index (χ0n) is 8.59. The summed E-state index contributed by atoms with van der Waals surface area (Å²) in [6.45, 7) is 0. The van der Waals surface area contributed by atoms with Gasteiger partial charge in [-0.2, -0.15) is 5.26 Å². The van der Waals surface area contributed by atoms with Crippen LogP contribution in [-0.2, 0) is 11.3 Å². The minimum absolute atomic E-state index is 0.727. The summed E-state index contributed by atoms with van der Waals surface area (Å²) in [6, 6.07) is 7.94. The maximum Gasteiger partial charge on any atom is 0.156 e. The summed E-state index contributed by atoms with van der Waals surface area (Å²) in [7, 11) is 1.64. The molecule has 0 radical (unpaired) electrons. The molecular weight excluding hydrogens is 210 g/mol. The number of nitriles is 1. The Bertz CT molecular complexity index is 424. The molecule has 0 fully saturated rings. The zero-order chi connectivity index (χ0) is 10.9. The van der Waals surface area contributed by atoms with Crippen molar-refractivity contribution in [3.63, 3.8) is 0 Å². The van der Waals surface area contributed by atoms with Crippen molar-refractivity contribution in [3.05, 3.63) is 29.3 Å². The van der Waals surface area contributed by atoms with E-state index in [9.17, 15) is 0 Å². The third-order valence-corrected chi connectivity index (χ3v) is 3.36. The van der Waals surface area contributed by atoms with Gasteiger partial charge in [0.25, 0.3) is 0 Å². The van der Waals surface area contributed by atoms with Crippen LogP contribution in [0.2, 0.25) is 0 Å². The summed E-state index contributed by atoms with van der Waals surface area (Å²) in [4.78, 5) is -0.833. The van der Waals surface area contributed by atoms with Crippen molar-refractivity contribution in [2.24, 2.45) is 0 Å². The molecule has 0 saturated heterocycles. The molecular formula is C12H12ClNO. The number of aryl methyl sites for hydroxylation is 1. The van der Waals surface area contributed by atoms with Gasteiger partial charge in [0.2, 0.25) is 0 Å². The Morgan fingerprint density at radius 1 is 1.53 bits per heavy atom. The Balaban J connectivity index is 2.51. The van der Waals surface area contributed by atoms with E-state index in [1.54, 1.807) is 7.11 Å². The van der Waals surface area contributed by atoms with Crippen LogP contribution in [0.1, 0.15) is 24.0 Å². The molecule has 0 saturated carbocycles. The Morgan fingerprint density at radius 2 is 2.33 bits per heavy atom. The molecule has 0 spiro atoms. The predicted molar refractivity (Wildman–Crippen MR) is 59.1 cm³/mol. The lowest BCUT2D eigenvalue weighted by Gasteiger charge is -2.27. The van der Waals surface area contributed by atoms with E-state index in [2.05, 4.69) is 6.07 Å². The van der Waals surface area contributed by atoms with Crippen molar-refractivity contribution in [2.75, 3.05) is 7.11 Å². The largest absolute Gasteiger partial charge is 0.497 e. The van der Waals surface area contributed by atoms with Gasteiger partial charge in [-0.15, -0.1) is 0 Å². The molecule has 1 aliphatic rings. The average molecular weight is 222 g/mol. The average Bonchev–Trinajstić information content (AvgIpc) is 2.29. The van der Waals surface area contributed by atoms with Gasteiger partial charge in [-0.05, 0) is 42.5 Å². The molecule has 1 aromatic rings. The van der Waals surface area contributed by atoms with Gasteiger partial charge < -0.3 is 4.74 Å². The first kappa shape index (κ1) is 10.3. The molecule has 1 aromatic carbocycles. The number of halogens is 1. The molecule has 0 aliphatic heterocycles. The lowest BCUT2D eigenvalue weighted by atomic mass is 9.83. The molecule has 2 nitrogen and oxygen atoms in total. The summed E-state index contributed by atoms with van der Waals surface area (Å²) in [5, 5.41) is 9.11. The molecule has 2 rings (SSSR count). The highest BCUT2D eigenvalue weighted by Crippen LogP contribution is 2.41. The van der Waals surface area contributed by atoms with Gasteiger partial charge in [0.05, 0.1) is 13.2 Å². The number of benzene rings is 1. The van der Waals surface area contributed by atoms with Crippen LogP contribution < -0.4 is 4.74 Å². The number of ether oxygens (including phenoxy) is 1. The third-order valence-electron chi connectivity index (χ3n) is 2.88. The number of hydrogen-bond acceptors (Lipinski definition) is 2. The van der Waals surface area contributed by atoms with Gasteiger partial charge in [-0.1, -0.05) is 17.7 Å². The second-order valence-electron chi connectivity index (χ2n) is 3.79. The summed E-state index contributed by atoms with van der Waals surface area (Å²) < 4.78 is 5.16. The zero-order valence-corrected chi connectivity index (χ0v) is 9.34. The smallest absolute Gasteiger partial charge is 0.156 e. The van der Waals surface area contributed by atoms with Crippen LogP contribution in [0.25, 0.3) is 0 Å². The first-order chi connectivity index (χ1) is 7.19. The molecule has 15 heavy (non-hydrogen) atoms. The minimum Gasteiger partial charge on any atom is -0.497 e. The van der Waals surface area contributed by atoms with E-state index in [0.717, 1.165) is 36.1 Å². The third kappa shape index (κ3) is 1.68. The van der Waals surface area contributed by atoms with Gasteiger partial charge in [0.1, 0.15) is 5.75 Å². The molecule has 0 amide bonds. The van der Waals surface area contributed by atoms with Gasteiger partial charge in [0, 0.05) is 0 Å². The van der Waals surface area contributed by atoms with Gasteiger partial charge in [0.15, 0.2) is 4.87 Å². The minimum atomic E-state index is -0.833. The molecule has 78 valence electrons. The van der Waals surface area contributed by atoms with E-state index < -0.39 is 4.87 Å². The number of fused-ring (bicyclic) bond motifs is 1. The predicted octanol–water partition coefficient (Wildman–Crippen LogP) is 2.99. The molecule has 1 unspecified atom stereocenters. The fraction of sp³-hybridized carbons (Fsp3) is 0.417. The number of rotatable bonds is 1. The Labute approximate surface area is 94.4 Å². The lowest BCUT2D eigenvalue weighted by molar-refractivity contribution is 0.413. The molecule has 0 aromatic heterocycles. The van der Waals surface area contributed by atoms with Crippen molar-refractivity contribution in [1.29, 1.82) is 5.26 Å². The van der Waals surface area contributed by atoms with Crippen LogP contribution in [-0.4, -0.2) is 7.11 Å². The van der Waals surface area contributed by atoms with Gasteiger partial charge in [-0.25, -0.2) is 0 Å². The van der Waals surface area contributed by atoms with Crippen LogP contribution in [0.4, 0.5) is 0 Å². The van der Waals surface area contributed by atoms with Crippen LogP contribution in [0, 0.1) is 11.3 Å². The summed E-state index contributed by atoms with van der Waals surface area (Å²) >= 11 is 6.28. The van der Waals surface area contributed by atoms with E-state index in [4.69, 9.17) is 21.6 Å². The van der Waals surface area contributed by atoms with E-state index >= 15 is 0 Å². The molecule has 0 heterocycles. The number of alkyl halides is 1. The van der Waals surface area contributed by atoms with E-state index in [1.165, 1.54) is 0 Å². The maximum atomic E-state index is 9.11. The first-order valence-electron chi connectivity index (χ1n) is 4.97. The van der Waals surface area contributed by atoms with Crippen LogP contribution in [0.5, 0.6) is 5.75 Å². The summed E-state index contributed by atoms with van der Waals surface area (Å²) in [5.41, 5.74) is 2.08. The molecule has 1 atom stereocenters. The highest BCUT2D eigenvalue weighted by atomic mass is 35.5. The molecule has 0 N–H and O–H groups in total. The second-order valence-corrected chi connectivity index (χ2v) is 4.43. The van der Waals surface area contributed by atoms with Crippen LogP contribution in [0.15, 0.2) is 18.2 Å². The standard InChI is InChI=1S/C12H12ClNO/c1-15-10-4-5-11-9(7-10)3-2-6-12(11,13)8-14/h4-5,7H,2-3,6H2,1H3. The fourth-order valence-electron chi connectivity index (χ4n) is 2.06. The van der Waals surface area contributed by atoms with Crippen molar-refractivity contribution in [2.45, 2.75) is 24.1 Å². The maximum absolute atomic E-state index is 9.11. The molecule has 3 heteroatoms. The van der Waals surface area contributed by atoms with Crippen molar-refractivity contribution >= 4 is 11.6 Å². The summed E-state index contributed by atoms with van der Waals surface area (Å²) in [5.74, 6) is 0.826. The SMILES string of the molecule is COc1ccc2c(c1)CCCC2(Cl)C#N. The molecule has 1 aliphatic carbocycles. The fourth-order valence-corrected chi connectivity index (χ4v) is 2.38. The number of methoxy groups -OCH3 is 1. The normalized spacial score (nSPS) is 24.1. The highest BCUT2D eigenvalue weighted by molar-refractivity contribution is 6.26. The monoisotopic (exact) mass is 221 g/mol. The highest BCUT2D eigenvalue weighted by Gasteiger charge is 2.34. The Hall–Kier alpha value is -1.20. The van der Waals surface area contributed by atoms with Crippen molar-refractivity contribution < 1.29 is 4.74 Å². The Kier molecular flexibility index (Phi) is 2.58. The number of hydrogen-bond donors (Lipinski definition) is 0. The van der Waals surface area contributed by atoms with E-state index in [1.807, 2.05) is 18.2 Å². The Morgan fingerprint density at radius 3 is 3.00 bits per heavy atom. The second kappa shape index (κ2) is 3.75. The topological polar surface area (TPSA) is 33.0 Å². The van der Waals surface area contributed by atoms with Gasteiger partial charge >= 0.3 is 0 Å². The van der Waals surface area contributed by atoms with Crippen molar-refractivity contribution in [3.8, 4) is 11.8 Å². The summed E-state index contributed by atoms with van der Waals surface area (Å²) in [6.07, 6.45) is 2.66. The molecule has 0 bridgehead atoms. The number of nitrogens with zero attached hydrogens (tertiary/aromatic N) is 1. The quantitative estimate of drug-likeness (QED) is 0.683. The van der Waals surface area contributed by atoms with Crippen LogP contribution >= 0.6 is 11.6 Å². The lowest BCUT2D eigenvalue weighted by Crippen LogP contribution is -2.22. The van der Waals surface area contributed by atoms with E-state index in [0.29, 0.717) is 0 Å². The van der Waals surface area contributed by atoms with Gasteiger partial charge in [-0.3, -0.25) is 0 Å².